The molecule has 2 rings (SSSR count). The molecule has 0 bridgehead atoms. The number of nitrogens with one attached hydrogen (secondary N) is 1. The molecule has 0 amide bonds. The lowest BCUT2D eigenvalue weighted by Gasteiger charge is -1.94. The number of carbonyl (C=O) groups excluding carboxylic acids is 1. The van der Waals surface area contributed by atoms with Crippen LogP contribution >= 0.6 is 11.3 Å². The van der Waals surface area contributed by atoms with E-state index in [1.165, 1.54) is 17.4 Å². The summed E-state index contributed by atoms with van der Waals surface area (Å²) in [5, 5.41) is 8.42. The summed E-state index contributed by atoms with van der Waals surface area (Å²) in [6, 6.07) is 3.64. The summed E-state index contributed by atoms with van der Waals surface area (Å²) in [6.45, 7) is 1.80. The van der Waals surface area contributed by atoms with Crippen molar-refractivity contribution in [3.63, 3.8) is 0 Å². The molecule has 0 aliphatic carbocycles. The lowest BCUT2D eigenvalue weighted by Crippen LogP contribution is -1.93. The van der Waals surface area contributed by atoms with E-state index in [0.29, 0.717) is 5.76 Å². The molecule has 0 radical (unpaired) electrons. The zero-order chi connectivity index (χ0) is 11.4. The van der Waals surface area contributed by atoms with E-state index < -0.39 is 0 Å². The Morgan fingerprint density at radius 2 is 2.50 bits per heavy atom. The normalized spacial score (nSPS) is 10.8. The maximum absolute atomic E-state index is 11.6. The minimum Gasteiger partial charge on any atom is -0.359 e. The zero-order valence-electron chi connectivity index (χ0n) is 8.64. The van der Waals surface area contributed by atoms with Crippen LogP contribution in [-0.4, -0.2) is 10.9 Å². The van der Waals surface area contributed by atoms with Crippen LogP contribution in [0.5, 0.6) is 0 Å². The van der Waals surface area contributed by atoms with Gasteiger partial charge in [-0.3, -0.25) is 4.79 Å². The van der Waals surface area contributed by atoms with Gasteiger partial charge in [-0.05, 0) is 18.4 Å². The predicted octanol–water partition coefficient (Wildman–Crippen LogP) is 2.85. The molecule has 5 heteroatoms. The van der Waals surface area contributed by atoms with E-state index in [9.17, 15) is 4.79 Å². The van der Waals surface area contributed by atoms with E-state index in [4.69, 9.17) is 4.52 Å². The second-order valence-corrected chi connectivity index (χ2v) is 4.06. The standard InChI is InChI=1S/C11H10N2O2S/c1-8-9(7-13-15-8)12-5-4-10(14)11-3-2-6-16-11/h2-7,12H,1H3/b5-4-. The van der Waals surface area contributed by atoms with Crippen LogP contribution in [0.15, 0.2) is 40.5 Å². The maximum atomic E-state index is 11.6. The first-order chi connectivity index (χ1) is 7.77. The number of hydrogen-bond acceptors (Lipinski definition) is 5. The number of rotatable bonds is 4. The summed E-state index contributed by atoms with van der Waals surface area (Å²) in [6.07, 6.45) is 4.63. The van der Waals surface area contributed by atoms with Gasteiger partial charge in [0.25, 0.3) is 0 Å². The minimum absolute atomic E-state index is 0.0170. The summed E-state index contributed by atoms with van der Waals surface area (Å²) in [5.74, 6) is 0.671. The molecule has 0 fully saturated rings. The molecule has 4 nitrogen and oxygen atoms in total. The topological polar surface area (TPSA) is 55.1 Å². The molecule has 0 saturated carbocycles. The molecule has 1 N–H and O–H groups in total. The largest absolute Gasteiger partial charge is 0.359 e. The van der Waals surface area contributed by atoms with Gasteiger partial charge in [0.1, 0.15) is 5.69 Å². The Morgan fingerprint density at radius 3 is 3.12 bits per heavy atom. The van der Waals surface area contributed by atoms with Gasteiger partial charge in [-0.25, -0.2) is 0 Å². The summed E-state index contributed by atoms with van der Waals surface area (Å²) in [4.78, 5) is 12.3. The molecule has 2 heterocycles. The second-order valence-electron chi connectivity index (χ2n) is 3.11. The Kier molecular flexibility index (Phi) is 3.16. The number of anilines is 1. The maximum Gasteiger partial charge on any atom is 0.197 e. The van der Waals surface area contributed by atoms with E-state index >= 15 is 0 Å². The van der Waals surface area contributed by atoms with E-state index in [1.807, 2.05) is 11.4 Å². The molecular formula is C11H10N2O2S. The van der Waals surface area contributed by atoms with Crippen LogP contribution in [0.2, 0.25) is 0 Å². The zero-order valence-corrected chi connectivity index (χ0v) is 9.45. The molecule has 2 aromatic rings. The van der Waals surface area contributed by atoms with Crippen LogP contribution < -0.4 is 5.32 Å². The Balaban J connectivity index is 1.96. The number of aryl methyl sites for hydroxylation is 1. The predicted molar refractivity (Wildman–Crippen MR) is 62.7 cm³/mol. The van der Waals surface area contributed by atoms with Gasteiger partial charge in [-0.2, -0.15) is 0 Å². The van der Waals surface area contributed by atoms with E-state index in [1.54, 1.807) is 25.4 Å². The van der Waals surface area contributed by atoms with Crippen LogP contribution in [0.3, 0.4) is 0 Å². The highest BCUT2D eigenvalue weighted by atomic mass is 32.1. The fourth-order valence-corrected chi connectivity index (χ4v) is 1.79. The molecule has 82 valence electrons. The number of thiophene rings is 1. The molecule has 2 aromatic heterocycles. The van der Waals surface area contributed by atoms with Gasteiger partial charge in [0.15, 0.2) is 11.5 Å². The van der Waals surface area contributed by atoms with Gasteiger partial charge >= 0.3 is 0 Å². The van der Waals surface area contributed by atoms with Crippen molar-refractivity contribution < 1.29 is 9.32 Å². The molecule has 0 aliphatic rings. The van der Waals surface area contributed by atoms with Gasteiger partial charge in [-0.1, -0.05) is 11.2 Å². The van der Waals surface area contributed by atoms with Crippen LogP contribution in [-0.2, 0) is 0 Å². The number of ketones is 1. The molecule has 0 aliphatic heterocycles. The van der Waals surface area contributed by atoms with Crippen molar-refractivity contribution >= 4 is 22.8 Å². The first-order valence-corrected chi connectivity index (χ1v) is 5.57. The summed E-state index contributed by atoms with van der Waals surface area (Å²) < 4.78 is 4.87. The van der Waals surface area contributed by atoms with Crippen molar-refractivity contribution in [3.8, 4) is 0 Å². The fourth-order valence-electron chi connectivity index (χ4n) is 1.15. The molecule has 16 heavy (non-hydrogen) atoms. The van der Waals surface area contributed by atoms with Gasteiger partial charge in [0.05, 0.1) is 11.1 Å². The number of allylic oxidation sites excluding steroid dienone is 1. The van der Waals surface area contributed by atoms with Crippen molar-refractivity contribution in [2.24, 2.45) is 0 Å². The van der Waals surface area contributed by atoms with Crippen molar-refractivity contribution in [3.05, 3.63) is 46.6 Å². The highest BCUT2D eigenvalue weighted by Crippen LogP contribution is 2.13. The number of hydrogen-bond donors (Lipinski definition) is 1. The van der Waals surface area contributed by atoms with Crippen LogP contribution in [0, 0.1) is 6.92 Å². The Labute approximate surface area is 96.6 Å². The molecule has 0 atom stereocenters. The average Bonchev–Trinajstić information content (AvgIpc) is 2.90. The van der Waals surface area contributed by atoms with Gasteiger partial charge in [0.2, 0.25) is 0 Å². The quantitative estimate of drug-likeness (QED) is 0.652. The molecule has 0 saturated heterocycles. The van der Waals surface area contributed by atoms with Gasteiger partial charge < -0.3 is 9.84 Å². The first kappa shape index (κ1) is 10.6. The smallest absolute Gasteiger partial charge is 0.197 e. The number of carbonyl (C=O) groups is 1. The molecule has 0 spiro atoms. The van der Waals surface area contributed by atoms with Crippen molar-refractivity contribution in [2.45, 2.75) is 6.92 Å². The molecule has 0 unspecified atom stereocenters. The Bertz CT molecular complexity index is 500. The number of aromatic nitrogens is 1. The van der Waals surface area contributed by atoms with E-state index in [-0.39, 0.29) is 5.78 Å². The first-order valence-electron chi connectivity index (χ1n) is 4.69. The van der Waals surface area contributed by atoms with Crippen molar-refractivity contribution in [1.29, 1.82) is 0 Å². The Morgan fingerprint density at radius 1 is 1.62 bits per heavy atom. The third-order valence-corrected chi connectivity index (χ3v) is 2.87. The lowest BCUT2D eigenvalue weighted by molar-refractivity contribution is 0.105. The fraction of sp³-hybridized carbons (Fsp3) is 0.0909. The van der Waals surface area contributed by atoms with Crippen LogP contribution in [0.4, 0.5) is 5.69 Å². The van der Waals surface area contributed by atoms with E-state index in [2.05, 4.69) is 10.5 Å². The highest BCUT2D eigenvalue weighted by Gasteiger charge is 2.02. The SMILES string of the molecule is Cc1oncc1N/C=C\C(=O)c1cccs1. The van der Waals surface area contributed by atoms with Crippen LogP contribution in [0.1, 0.15) is 15.4 Å². The van der Waals surface area contributed by atoms with E-state index in [0.717, 1.165) is 10.6 Å². The van der Waals surface area contributed by atoms with Crippen molar-refractivity contribution in [2.75, 3.05) is 5.32 Å². The molecular weight excluding hydrogens is 224 g/mol. The third-order valence-electron chi connectivity index (χ3n) is 1.99. The highest BCUT2D eigenvalue weighted by molar-refractivity contribution is 7.12. The number of nitrogens with zero attached hydrogens (tertiary/aromatic N) is 1. The molecule has 0 aromatic carbocycles. The average molecular weight is 234 g/mol. The monoisotopic (exact) mass is 234 g/mol. The second kappa shape index (κ2) is 4.76. The summed E-state index contributed by atoms with van der Waals surface area (Å²) >= 11 is 1.42. The third kappa shape index (κ3) is 2.38. The Hall–Kier alpha value is -1.88. The summed E-state index contributed by atoms with van der Waals surface area (Å²) in [5.41, 5.74) is 0.759. The lowest BCUT2D eigenvalue weighted by atomic mass is 10.3. The minimum atomic E-state index is -0.0170. The van der Waals surface area contributed by atoms with Gasteiger partial charge in [-0.15, -0.1) is 11.3 Å². The van der Waals surface area contributed by atoms with Crippen LogP contribution in [0.25, 0.3) is 0 Å². The summed E-state index contributed by atoms with van der Waals surface area (Å²) in [7, 11) is 0. The van der Waals surface area contributed by atoms with Gasteiger partial charge in [0, 0.05) is 12.3 Å². The van der Waals surface area contributed by atoms with Crippen molar-refractivity contribution in [1.82, 2.24) is 5.16 Å².